The molecule has 0 aliphatic carbocycles. The Balaban J connectivity index is 2.25. The van der Waals surface area contributed by atoms with Gasteiger partial charge in [0, 0.05) is 16.3 Å². The molecule has 4 nitrogen and oxygen atoms in total. The molecule has 0 radical (unpaired) electrons. The highest BCUT2D eigenvalue weighted by Crippen LogP contribution is 2.39. The molecule has 3 aromatic carbocycles. The quantitative estimate of drug-likeness (QED) is 0.690. The number of ether oxygens (including phenoxy) is 4. The summed E-state index contributed by atoms with van der Waals surface area (Å²) < 4.78 is 21.8. The molecule has 0 fully saturated rings. The third kappa shape index (κ3) is 2.71. The summed E-state index contributed by atoms with van der Waals surface area (Å²) in [5.74, 6) is 3.19. The first kappa shape index (κ1) is 16.0. The van der Waals surface area contributed by atoms with E-state index in [0.717, 1.165) is 44.9 Å². The Bertz CT molecular complexity index is 871. The highest BCUT2D eigenvalue weighted by atomic mass is 16.5. The molecule has 0 saturated carbocycles. The zero-order valence-electron chi connectivity index (χ0n) is 14.3. The lowest BCUT2D eigenvalue weighted by molar-refractivity contribution is 0.404. The Hall–Kier alpha value is -2.88. The zero-order chi connectivity index (χ0) is 17.1. The molecular weight excluding hydrogens is 304 g/mol. The van der Waals surface area contributed by atoms with E-state index >= 15 is 0 Å². The van der Waals surface area contributed by atoms with Crippen molar-refractivity contribution in [1.82, 2.24) is 0 Å². The molecule has 0 heterocycles. The van der Waals surface area contributed by atoms with Gasteiger partial charge in [-0.25, -0.2) is 0 Å². The van der Waals surface area contributed by atoms with Gasteiger partial charge < -0.3 is 18.9 Å². The van der Waals surface area contributed by atoms with E-state index in [1.54, 1.807) is 28.4 Å². The average molecular weight is 324 g/mol. The first-order valence-corrected chi connectivity index (χ1v) is 7.59. The molecule has 0 unspecified atom stereocenters. The van der Waals surface area contributed by atoms with E-state index in [1.165, 1.54) is 0 Å². The molecule has 0 aromatic heterocycles. The van der Waals surface area contributed by atoms with Gasteiger partial charge >= 0.3 is 0 Å². The summed E-state index contributed by atoms with van der Waals surface area (Å²) >= 11 is 0. The molecule has 0 saturated heterocycles. The second-order valence-corrected chi connectivity index (χ2v) is 5.30. The molecule has 4 heteroatoms. The Labute approximate surface area is 141 Å². The van der Waals surface area contributed by atoms with Gasteiger partial charge in [-0.05, 0) is 48.0 Å². The summed E-state index contributed by atoms with van der Waals surface area (Å²) in [6.45, 7) is 0. The molecule has 124 valence electrons. The van der Waals surface area contributed by atoms with Crippen LogP contribution in [0.3, 0.4) is 0 Å². The van der Waals surface area contributed by atoms with Gasteiger partial charge in [0.2, 0.25) is 0 Å². The third-order valence-corrected chi connectivity index (χ3v) is 4.09. The van der Waals surface area contributed by atoms with Crippen molar-refractivity contribution in [1.29, 1.82) is 0 Å². The number of benzene rings is 3. The molecule has 3 aromatic rings. The minimum absolute atomic E-state index is 0.781. The predicted molar refractivity (Wildman–Crippen MR) is 95.6 cm³/mol. The minimum atomic E-state index is 0.781. The van der Waals surface area contributed by atoms with Crippen LogP contribution in [0.15, 0.2) is 48.5 Å². The summed E-state index contributed by atoms with van der Waals surface area (Å²) in [7, 11) is 6.65. The fourth-order valence-corrected chi connectivity index (χ4v) is 2.86. The van der Waals surface area contributed by atoms with Crippen molar-refractivity contribution < 1.29 is 18.9 Å². The Kier molecular flexibility index (Phi) is 4.47. The first-order valence-electron chi connectivity index (χ1n) is 7.59. The Morgan fingerprint density at radius 1 is 0.542 bits per heavy atom. The molecule has 0 N–H and O–H groups in total. The lowest BCUT2D eigenvalue weighted by Gasteiger charge is -2.14. The van der Waals surface area contributed by atoms with Crippen LogP contribution in [0.2, 0.25) is 0 Å². The van der Waals surface area contributed by atoms with E-state index in [4.69, 9.17) is 18.9 Å². The van der Waals surface area contributed by atoms with Crippen LogP contribution >= 0.6 is 0 Å². The van der Waals surface area contributed by atoms with Crippen molar-refractivity contribution in [3.8, 4) is 34.1 Å². The van der Waals surface area contributed by atoms with E-state index < -0.39 is 0 Å². The maximum Gasteiger partial charge on any atom is 0.126 e. The van der Waals surface area contributed by atoms with Gasteiger partial charge in [-0.2, -0.15) is 0 Å². The van der Waals surface area contributed by atoms with Gasteiger partial charge in [0.25, 0.3) is 0 Å². The van der Waals surface area contributed by atoms with E-state index in [1.807, 2.05) is 42.5 Å². The third-order valence-electron chi connectivity index (χ3n) is 4.09. The number of hydrogen-bond donors (Lipinski definition) is 0. The van der Waals surface area contributed by atoms with Gasteiger partial charge in [0.1, 0.15) is 23.0 Å². The predicted octanol–water partition coefficient (Wildman–Crippen LogP) is 4.54. The van der Waals surface area contributed by atoms with Crippen LogP contribution in [0.1, 0.15) is 0 Å². The van der Waals surface area contributed by atoms with Gasteiger partial charge in [-0.15, -0.1) is 0 Å². The van der Waals surface area contributed by atoms with Crippen molar-refractivity contribution in [2.75, 3.05) is 28.4 Å². The largest absolute Gasteiger partial charge is 0.497 e. The molecular formula is C20H20O4. The van der Waals surface area contributed by atoms with E-state index in [0.29, 0.717) is 0 Å². The molecule has 24 heavy (non-hydrogen) atoms. The fourth-order valence-electron chi connectivity index (χ4n) is 2.86. The molecule has 0 amide bonds. The van der Waals surface area contributed by atoms with Gasteiger partial charge in [0.15, 0.2) is 0 Å². The smallest absolute Gasteiger partial charge is 0.126 e. The summed E-state index contributed by atoms with van der Waals surface area (Å²) in [4.78, 5) is 0. The maximum atomic E-state index is 5.51. The van der Waals surface area contributed by atoms with Crippen LogP contribution in [0.5, 0.6) is 23.0 Å². The van der Waals surface area contributed by atoms with Crippen LogP contribution in [0, 0.1) is 0 Å². The SMILES string of the molecule is COc1ccc(OC)c(-c2ccc3c(OC)ccc(OC)c3c2)c1. The summed E-state index contributed by atoms with van der Waals surface area (Å²) in [5, 5.41) is 1.99. The van der Waals surface area contributed by atoms with Crippen molar-refractivity contribution >= 4 is 10.8 Å². The fraction of sp³-hybridized carbons (Fsp3) is 0.200. The lowest BCUT2D eigenvalue weighted by Crippen LogP contribution is -1.92. The normalized spacial score (nSPS) is 10.5. The van der Waals surface area contributed by atoms with Crippen molar-refractivity contribution in [2.45, 2.75) is 0 Å². The Morgan fingerprint density at radius 2 is 1.17 bits per heavy atom. The number of rotatable bonds is 5. The van der Waals surface area contributed by atoms with Gasteiger partial charge in [-0.1, -0.05) is 6.07 Å². The molecule has 0 bridgehead atoms. The zero-order valence-corrected chi connectivity index (χ0v) is 14.3. The molecule has 0 spiro atoms. The van der Waals surface area contributed by atoms with Gasteiger partial charge in [-0.3, -0.25) is 0 Å². The van der Waals surface area contributed by atoms with E-state index in [2.05, 4.69) is 6.07 Å². The topological polar surface area (TPSA) is 36.9 Å². The van der Waals surface area contributed by atoms with Crippen molar-refractivity contribution in [3.63, 3.8) is 0 Å². The van der Waals surface area contributed by atoms with Crippen molar-refractivity contribution in [3.05, 3.63) is 48.5 Å². The number of hydrogen-bond acceptors (Lipinski definition) is 4. The first-order chi connectivity index (χ1) is 11.7. The number of fused-ring (bicyclic) bond motifs is 1. The summed E-state index contributed by atoms with van der Waals surface area (Å²) in [6, 6.07) is 15.7. The minimum Gasteiger partial charge on any atom is -0.497 e. The summed E-state index contributed by atoms with van der Waals surface area (Å²) in [5.41, 5.74) is 1.98. The Morgan fingerprint density at radius 3 is 1.79 bits per heavy atom. The van der Waals surface area contributed by atoms with E-state index in [9.17, 15) is 0 Å². The maximum absolute atomic E-state index is 5.51. The summed E-state index contributed by atoms with van der Waals surface area (Å²) in [6.07, 6.45) is 0. The highest BCUT2D eigenvalue weighted by molar-refractivity contribution is 5.96. The standard InChI is InChI=1S/C20H20O4/c1-21-14-6-8-19(23-3)16(12-14)13-5-7-15-17(11-13)20(24-4)10-9-18(15)22-2/h5-12H,1-4H3. The van der Waals surface area contributed by atoms with Crippen LogP contribution < -0.4 is 18.9 Å². The monoisotopic (exact) mass is 324 g/mol. The second kappa shape index (κ2) is 6.71. The van der Waals surface area contributed by atoms with Gasteiger partial charge in [0.05, 0.1) is 28.4 Å². The second-order valence-electron chi connectivity index (χ2n) is 5.30. The highest BCUT2D eigenvalue weighted by Gasteiger charge is 2.12. The van der Waals surface area contributed by atoms with Crippen molar-refractivity contribution in [2.24, 2.45) is 0 Å². The lowest BCUT2D eigenvalue weighted by atomic mass is 9.99. The molecule has 0 aliphatic heterocycles. The molecule has 0 aliphatic rings. The van der Waals surface area contributed by atoms with Crippen LogP contribution in [0.4, 0.5) is 0 Å². The van der Waals surface area contributed by atoms with Crippen LogP contribution in [0.25, 0.3) is 21.9 Å². The van der Waals surface area contributed by atoms with Crippen LogP contribution in [-0.2, 0) is 0 Å². The number of methoxy groups -OCH3 is 4. The molecule has 0 atom stereocenters. The molecule has 3 rings (SSSR count). The van der Waals surface area contributed by atoms with E-state index in [-0.39, 0.29) is 0 Å². The average Bonchev–Trinajstić information content (AvgIpc) is 2.66. The van der Waals surface area contributed by atoms with Crippen LogP contribution in [-0.4, -0.2) is 28.4 Å².